The topological polar surface area (TPSA) is 54.5 Å². The summed E-state index contributed by atoms with van der Waals surface area (Å²) in [6.45, 7) is 0. The van der Waals surface area contributed by atoms with Crippen molar-refractivity contribution in [2.75, 3.05) is 0 Å². The van der Waals surface area contributed by atoms with E-state index in [4.69, 9.17) is 12.2 Å². The van der Waals surface area contributed by atoms with Crippen LogP contribution in [-0.4, -0.2) is 19.9 Å². The van der Waals surface area contributed by atoms with Crippen LogP contribution in [0.5, 0.6) is 0 Å². The molecule has 0 unspecified atom stereocenters. The zero-order valence-corrected chi connectivity index (χ0v) is 9.61. The van der Waals surface area contributed by atoms with Crippen LogP contribution in [0.15, 0.2) is 42.9 Å². The van der Waals surface area contributed by atoms with Gasteiger partial charge in [-0.2, -0.15) is 0 Å². The van der Waals surface area contributed by atoms with Gasteiger partial charge in [0, 0.05) is 24.2 Å². The lowest BCUT2D eigenvalue weighted by Gasteiger charge is -2.02. The third-order valence-electron chi connectivity index (χ3n) is 2.42. The maximum atomic E-state index is 5.25. The van der Waals surface area contributed by atoms with Gasteiger partial charge in [0.25, 0.3) is 0 Å². The predicted molar refractivity (Wildman–Crippen MR) is 68.0 cm³/mol. The third kappa shape index (κ3) is 1.81. The summed E-state index contributed by atoms with van der Waals surface area (Å²) < 4.78 is 0.547. The number of hydrogen-bond donors (Lipinski definition) is 1. The molecule has 0 aliphatic carbocycles. The van der Waals surface area contributed by atoms with Gasteiger partial charge in [-0.3, -0.25) is 4.98 Å². The number of fused-ring (bicyclic) bond motifs is 1. The fourth-order valence-corrected chi connectivity index (χ4v) is 1.87. The van der Waals surface area contributed by atoms with Crippen molar-refractivity contribution >= 4 is 23.3 Å². The summed E-state index contributed by atoms with van der Waals surface area (Å²) in [5, 5.41) is 0.857. The van der Waals surface area contributed by atoms with Gasteiger partial charge >= 0.3 is 0 Å². The normalized spacial score (nSPS) is 10.6. The van der Waals surface area contributed by atoms with E-state index in [9.17, 15) is 0 Å². The van der Waals surface area contributed by atoms with Crippen LogP contribution < -0.4 is 0 Å². The van der Waals surface area contributed by atoms with Gasteiger partial charge in [-0.25, -0.2) is 9.97 Å². The molecule has 0 fully saturated rings. The molecule has 3 rings (SSSR count). The Labute approximate surface area is 102 Å². The van der Waals surface area contributed by atoms with Crippen molar-refractivity contribution in [1.29, 1.82) is 0 Å². The van der Waals surface area contributed by atoms with Crippen LogP contribution >= 0.6 is 12.2 Å². The van der Waals surface area contributed by atoms with E-state index >= 15 is 0 Å². The van der Waals surface area contributed by atoms with E-state index in [-0.39, 0.29) is 0 Å². The van der Waals surface area contributed by atoms with Crippen molar-refractivity contribution in [2.24, 2.45) is 0 Å². The summed E-state index contributed by atoms with van der Waals surface area (Å²) in [5.41, 5.74) is 1.64. The van der Waals surface area contributed by atoms with E-state index in [2.05, 4.69) is 19.9 Å². The van der Waals surface area contributed by atoms with Crippen molar-refractivity contribution in [3.05, 3.63) is 47.5 Å². The van der Waals surface area contributed by atoms with E-state index in [0.29, 0.717) is 10.5 Å². The molecule has 0 bridgehead atoms. The smallest absolute Gasteiger partial charge is 0.142 e. The fourth-order valence-electron chi connectivity index (χ4n) is 1.62. The van der Waals surface area contributed by atoms with Crippen LogP contribution in [-0.2, 0) is 0 Å². The van der Waals surface area contributed by atoms with E-state index in [0.717, 1.165) is 16.6 Å². The molecular weight excluding hydrogens is 232 g/mol. The molecule has 0 saturated heterocycles. The number of nitrogens with one attached hydrogen (secondary N) is 1. The van der Waals surface area contributed by atoms with Crippen molar-refractivity contribution in [3.8, 4) is 11.4 Å². The number of aromatic nitrogens is 4. The van der Waals surface area contributed by atoms with Crippen LogP contribution in [0.4, 0.5) is 0 Å². The molecule has 82 valence electrons. The number of H-pyrrole nitrogens is 1. The minimum absolute atomic E-state index is 0.547. The molecule has 0 atom stereocenters. The zero-order valence-electron chi connectivity index (χ0n) is 8.79. The quantitative estimate of drug-likeness (QED) is 0.664. The summed E-state index contributed by atoms with van der Waals surface area (Å²) in [7, 11) is 0. The van der Waals surface area contributed by atoms with Crippen LogP contribution in [0, 0.1) is 4.64 Å². The van der Waals surface area contributed by atoms with Crippen LogP contribution in [0.25, 0.3) is 22.4 Å². The van der Waals surface area contributed by atoms with Crippen LogP contribution in [0.2, 0.25) is 0 Å². The highest BCUT2D eigenvalue weighted by atomic mass is 32.1. The molecule has 17 heavy (non-hydrogen) atoms. The number of aromatic amines is 1. The van der Waals surface area contributed by atoms with Gasteiger partial charge < -0.3 is 4.98 Å². The van der Waals surface area contributed by atoms with E-state index in [1.807, 2.05) is 24.3 Å². The molecular formula is C12H8N4S. The Kier molecular flexibility index (Phi) is 2.38. The summed E-state index contributed by atoms with van der Waals surface area (Å²) in [6.07, 6.45) is 5.18. The average molecular weight is 240 g/mol. The molecule has 3 aromatic rings. The number of hydrogen-bond acceptors (Lipinski definition) is 4. The van der Waals surface area contributed by atoms with Gasteiger partial charge in [0.1, 0.15) is 16.1 Å². The van der Waals surface area contributed by atoms with Gasteiger partial charge in [-0.05, 0) is 24.3 Å². The first-order chi connectivity index (χ1) is 8.34. The number of rotatable bonds is 1. The van der Waals surface area contributed by atoms with Crippen molar-refractivity contribution in [3.63, 3.8) is 0 Å². The first kappa shape index (κ1) is 10.0. The van der Waals surface area contributed by atoms with Gasteiger partial charge in [-0.15, -0.1) is 0 Å². The van der Waals surface area contributed by atoms with E-state index in [1.54, 1.807) is 18.6 Å². The average Bonchev–Trinajstić information content (AvgIpc) is 2.40. The first-order valence-electron chi connectivity index (χ1n) is 5.10. The highest BCUT2D eigenvalue weighted by Gasteiger charge is 2.03. The molecule has 0 spiro atoms. The zero-order chi connectivity index (χ0) is 11.7. The predicted octanol–water partition coefficient (Wildman–Crippen LogP) is 2.75. The monoisotopic (exact) mass is 240 g/mol. The van der Waals surface area contributed by atoms with Crippen molar-refractivity contribution in [1.82, 2.24) is 19.9 Å². The Morgan fingerprint density at radius 2 is 2.00 bits per heavy atom. The molecule has 0 radical (unpaired) electrons. The fraction of sp³-hybridized carbons (Fsp3) is 0. The summed E-state index contributed by atoms with van der Waals surface area (Å²) in [6, 6.07) is 7.53. The second-order valence-electron chi connectivity index (χ2n) is 3.53. The summed E-state index contributed by atoms with van der Waals surface area (Å²) in [5.74, 6) is 0.689. The third-order valence-corrected chi connectivity index (χ3v) is 2.73. The van der Waals surface area contributed by atoms with Gasteiger partial charge in [-0.1, -0.05) is 12.2 Å². The van der Waals surface area contributed by atoms with Crippen LogP contribution in [0.3, 0.4) is 0 Å². The molecule has 1 N–H and O–H groups in total. The Hall–Kier alpha value is -2.14. The molecule has 0 aliphatic rings. The van der Waals surface area contributed by atoms with E-state index < -0.39 is 0 Å². The Morgan fingerprint density at radius 1 is 1.12 bits per heavy atom. The standard InChI is InChI=1S/C12H8N4S/c17-12-9-4-2-6-14-11(9)15-10(16-12)8-3-1-5-13-7-8/h1-7H,(H,14,15,16,17). The lowest BCUT2D eigenvalue weighted by Crippen LogP contribution is -1.93. The van der Waals surface area contributed by atoms with Crippen molar-refractivity contribution < 1.29 is 0 Å². The number of nitrogens with zero attached hydrogens (tertiary/aromatic N) is 3. The maximum Gasteiger partial charge on any atom is 0.142 e. The second-order valence-corrected chi connectivity index (χ2v) is 3.92. The molecule has 0 amide bonds. The Morgan fingerprint density at radius 3 is 2.82 bits per heavy atom. The largest absolute Gasteiger partial charge is 0.324 e. The van der Waals surface area contributed by atoms with Crippen LogP contribution in [0.1, 0.15) is 0 Å². The number of pyridine rings is 2. The highest BCUT2D eigenvalue weighted by Crippen LogP contribution is 2.16. The van der Waals surface area contributed by atoms with Crippen molar-refractivity contribution in [2.45, 2.75) is 0 Å². The molecule has 0 aromatic carbocycles. The summed E-state index contributed by atoms with van der Waals surface area (Å²) >= 11 is 5.25. The maximum absolute atomic E-state index is 5.25. The molecule has 0 aliphatic heterocycles. The summed E-state index contributed by atoms with van der Waals surface area (Å²) in [4.78, 5) is 15.8. The lowest BCUT2D eigenvalue weighted by molar-refractivity contribution is 1.16. The van der Waals surface area contributed by atoms with Gasteiger partial charge in [0.15, 0.2) is 0 Å². The minimum atomic E-state index is 0.547. The van der Waals surface area contributed by atoms with Gasteiger partial charge in [0.05, 0.1) is 5.39 Å². The molecule has 3 heterocycles. The van der Waals surface area contributed by atoms with Gasteiger partial charge in [0.2, 0.25) is 0 Å². The van der Waals surface area contributed by atoms with E-state index in [1.165, 1.54) is 0 Å². The minimum Gasteiger partial charge on any atom is -0.324 e. The first-order valence-corrected chi connectivity index (χ1v) is 5.51. The Bertz CT molecular complexity index is 721. The molecule has 3 aromatic heterocycles. The Balaban J connectivity index is 2.30. The lowest BCUT2D eigenvalue weighted by atomic mass is 10.2. The SMILES string of the molecule is S=c1nc(-c2cccnc2)[nH]c2ncccc12. The molecule has 4 nitrogen and oxygen atoms in total. The molecule has 5 heteroatoms. The highest BCUT2D eigenvalue weighted by molar-refractivity contribution is 7.71. The molecule has 0 saturated carbocycles. The second kappa shape index (κ2) is 4.03.